The van der Waals surface area contributed by atoms with Crippen LogP contribution in [-0.2, 0) is 0 Å². The molecule has 0 radical (unpaired) electrons. The Bertz CT molecular complexity index is 732. The van der Waals surface area contributed by atoms with Gasteiger partial charge in [0.2, 0.25) is 5.88 Å². The summed E-state index contributed by atoms with van der Waals surface area (Å²) in [4.78, 5) is 13.1. The first-order valence-electron chi connectivity index (χ1n) is 6.11. The van der Waals surface area contributed by atoms with Crippen LogP contribution in [0.3, 0.4) is 0 Å². The maximum Gasteiger partial charge on any atom is 0.258 e. The smallest absolute Gasteiger partial charge is 0.258 e. The van der Waals surface area contributed by atoms with Crippen LogP contribution in [0.25, 0.3) is 10.6 Å². The van der Waals surface area contributed by atoms with Crippen molar-refractivity contribution in [2.24, 2.45) is 0 Å². The van der Waals surface area contributed by atoms with Crippen LogP contribution in [0.1, 0.15) is 15.9 Å². The van der Waals surface area contributed by atoms with Crippen LogP contribution >= 0.6 is 11.3 Å². The summed E-state index contributed by atoms with van der Waals surface area (Å²) < 4.78 is 5.14. The predicted molar refractivity (Wildman–Crippen MR) is 78.9 cm³/mol. The van der Waals surface area contributed by atoms with Crippen LogP contribution in [0.15, 0.2) is 52.4 Å². The molecule has 0 saturated heterocycles. The molecule has 0 aliphatic heterocycles. The Hall–Kier alpha value is -2.40. The number of hydrogen-bond acceptors (Lipinski definition) is 4. The molecular weight excluding hydrogens is 272 g/mol. The molecule has 0 aliphatic carbocycles. The normalized spacial score (nSPS) is 10.4. The Morgan fingerprint density at radius 3 is 2.90 bits per heavy atom. The fourth-order valence-electron chi connectivity index (χ4n) is 1.84. The Morgan fingerprint density at radius 1 is 1.25 bits per heavy atom. The van der Waals surface area contributed by atoms with Crippen LogP contribution in [0.4, 0.5) is 5.88 Å². The summed E-state index contributed by atoms with van der Waals surface area (Å²) in [7, 11) is 0. The van der Waals surface area contributed by atoms with Gasteiger partial charge in [-0.2, -0.15) is 0 Å². The molecule has 1 amide bonds. The minimum atomic E-state index is -0.206. The van der Waals surface area contributed by atoms with Crippen molar-refractivity contribution in [3.8, 4) is 10.6 Å². The number of benzene rings is 1. The minimum absolute atomic E-state index is 0.206. The molecule has 2 heterocycles. The number of amides is 1. The Balaban J connectivity index is 1.77. The first-order valence-corrected chi connectivity index (χ1v) is 6.99. The number of nitrogens with zero attached hydrogens (tertiary/aromatic N) is 1. The minimum Gasteiger partial charge on any atom is -0.338 e. The van der Waals surface area contributed by atoms with Crippen molar-refractivity contribution in [2.75, 3.05) is 5.32 Å². The van der Waals surface area contributed by atoms with E-state index in [0.717, 1.165) is 16.1 Å². The molecule has 100 valence electrons. The molecule has 0 unspecified atom stereocenters. The fourth-order valence-corrected chi connectivity index (χ4v) is 2.52. The third kappa shape index (κ3) is 2.62. The molecule has 0 bridgehead atoms. The molecule has 3 aromatic rings. The van der Waals surface area contributed by atoms with E-state index in [-0.39, 0.29) is 5.91 Å². The summed E-state index contributed by atoms with van der Waals surface area (Å²) in [6.07, 6.45) is 0. The monoisotopic (exact) mass is 284 g/mol. The molecule has 0 aliphatic rings. The summed E-state index contributed by atoms with van der Waals surface area (Å²) >= 11 is 1.57. The predicted octanol–water partition coefficient (Wildman–Crippen LogP) is 3.96. The summed E-state index contributed by atoms with van der Waals surface area (Å²) in [6.45, 7) is 1.94. The van der Waals surface area contributed by atoms with Crippen molar-refractivity contribution in [1.82, 2.24) is 5.16 Å². The van der Waals surface area contributed by atoms with E-state index in [4.69, 9.17) is 4.52 Å². The highest BCUT2D eigenvalue weighted by Crippen LogP contribution is 2.26. The van der Waals surface area contributed by atoms with Crippen LogP contribution in [0.2, 0.25) is 0 Å². The average Bonchev–Trinajstić information content (AvgIpc) is 3.08. The molecule has 20 heavy (non-hydrogen) atoms. The van der Waals surface area contributed by atoms with E-state index in [0.29, 0.717) is 11.4 Å². The van der Waals surface area contributed by atoms with Gasteiger partial charge in [-0.3, -0.25) is 10.1 Å². The largest absolute Gasteiger partial charge is 0.338 e. The molecule has 0 fully saturated rings. The summed E-state index contributed by atoms with van der Waals surface area (Å²) in [5.41, 5.74) is 2.35. The maximum atomic E-state index is 12.1. The molecule has 1 aromatic carbocycles. The van der Waals surface area contributed by atoms with Crippen molar-refractivity contribution in [1.29, 1.82) is 0 Å². The van der Waals surface area contributed by atoms with Gasteiger partial charge in [0, 0.05) is 11.6 Å². The van der Waals surface area contributed by atoms with Crippen molar-refractivity contribution >= 4 is 23.1 Å². The number of anilines is 1. The SMILES string of the molecule is Cc1cccc(C(=O)Nc2cc(-c3cccs3)no2)c1. The van der Waals surface area contributed by atoms with Gasteiger partial charge in [-0.25, -0.2) is 0 Å². The number of hydrogen-bond donors (Lipinski definition) is 1. The number of carbonyl (C=O) groups is 1. The van der Waals surface area contributed by atoms with E-state index in [1.807, 2.05) is 42.6 Å². The van der Waals surface area contributed by atoms with Gasteiger partial charge in [-0.1, -0.05) is 28.9 Å². The highest BCUT2D eigenvalue weighted by molar-refractivity contribution is 7.13. The second-order valence-corrected chi connectivity index (χ2v) is 5.33. The zero-order valence-corrected chi connectivity index (χ0v) is 11.6. The first kappa shape index (κ1) is 12.6. The first-order chi connectivity index (χ1) is 9.72. The zero-order chi connectivity index (χ0) is 13.9. The number of rotatable bonds is 3. The van der Waals surface area contributed by atoms with Gasteiger partial charge in [0.25, 0.3) is 5.91 Å². The second-order valence-electron chi connectivity index (χ2n) is 4.38. The number of nitrogens with one attached hydrogen (secondary N) is 1. The van der Waals surface area contributed by atoms with Gasteiger partial charge in [-0.15, -0.1) is 11.3 Å². The van der Waals surface area contributed by atoms with E-state index in [1.165, 1.54) is 0 Å². The van der Waals surface area contributed by atoms with E-state index in [1.54, 1.807) is 23.5 Å². The van der Waals surface area contributed by atoms with Crippen molar-refractivity contribution in [2.45, 2.75) is 6.92 Å². The highest BCUT2D eigenvalue weighted by atomic mass is 32.1. The lowest BCUT2D eigenvalue weighted by Crippen LogP contribution is -2.11. The highest BCUT2D eigenvalue weighted by Gasteiger charge is 2.11. The van der Waals surface area contributed by atoms with Gasteiger partial charge < -0.3 is 4.52 Å². The van der Waals surface area contributed by atoms with Crippen LogP contribution < -0.4 is 5.32 Å². The lowest BCUT2D eigenvalue weighted by atomic mass is 10.1. The molecule has 3 rings (SSSR count). The van der Waals surface area contributed by atoms with Gasteiger partial charge in [0.15, 0.2) is 0 Å². The van der Waals surface area contributed by atoms with Gasteiger partial charge in [0.05, 0.1) is 4.88 Å². The Labute approximate surface area is 120 Å². The standard InChI is InChI=1S/C15H12N2O2S/c1-10-4-2-5-11(8-10)15(18)16-14-9-12(17-19-14)13-6-3-7-20-13/h2-9H,1H3,(H,16,18). The fraction of sp³-hybridized carbons (Fsp3) is 0.0667. The number of thiophene rings is 1. The van der Waals surface area contributed by atoms with Crippen molar-refractivity contribution in [3.63, 3.8) is 0 Å². The average molecular weight is 284 g/mol. The van der Waals surface area contributed by atoms with E-state index < -0.39 is 0 Å². The second kappa shape index (κ2) is 5.30. The summed E-state index contributed by atoms with van der Waals surface area (Å²) in [6, 6.07) is 13.0. The van der Waals surface area contributed by atoms with Crippen LogP contribution in [0.5, 0.6) is 0 Å². The van der Waals surface area contributed by atoms with Crippen LogP contribution in [0, 0.1) is 6.92 Å². The molecule has 4 nitrogen and oxygen atoms in total. The van der Waals surface area contributed by atoms with Gasteiger partial charge >= 0.3 is 0 Å². The molecule has 0 atom stereocenters. The molecule has 0 saturated carbocycles. The molecule has 2 aromatic heterocycles. The van der Waals surface area contributed by atoms with E-state index in [9.17, 15) is 4.79 Å². The summed E-state index contributed by atoms with van der Waals surface area (Å²) in [5, 5.41) is 8.62. The topological polar surface area (TPSA) is 55.1 Å². The lowest BCUT2D eigenvalue weighted by Gasteiger charge is -2.01. The quantitative estimate of drug-likeness (QED) is 0.792. The maximum absolute atomic E-state index is 12.1. The molecule has 1 N–H and O–H groups in total. The molecular formula is C15H12N2O2S. The van der Waals surface area contributed by atoms with E-state index >= 15 is 0 Å². The van der Waals surface area contributed by atoms with Gasteiger partial charge in [0.1, 0.15) is 5.69 Å². The Kier molecular flexibility index (Phi) is 3.35. The van der Waals surface area contributed by atoms with Crippen LogP contribution in [-0.4, -0.2) is 11.1 Å². The van der Waals surface area contributed by atoms with Gasteiger partial charge in [-0.05, 0) is 30.5 Å². The number of aryl methyl sites for hydroxylation is 1. The Morgan fingerprint density at radius 2 is 2.15 bits per heavy atom. The van der Waals surface area contributed by atoms with Crippen molar-refractivity contribution in [3.05, 3.63) is 59.0 Å². The third-order valence-corrected chi connectivity index (χ3v) is 3.69. The van der Waals surface area contributed by atoms with Crippen molar-refractivity contribution < 1.29 is 9.32 Å². The number of carbonyl (C=O) groups excluding carboxylic acids is 1. The zero-order valence-electron chi connectivity index (χ0n) is 10.8. The molecule has 0 spiro atoms. The number of aromatic nitrogens is 1. The van der Waals surface area contributed by atoms with E-state index in [2.05, 4.69) is 10.5 Å². The third-order valence-electron chi connectivity index (χ3n) is 2.80. The summed E-state index contributed by atoms with van der Waals surface area (Å²) in [5.74, 6) is 0.141. The molecule has 5 heteroatoms. The lowest BCUT2D eigenvalue weighted by molar-refractivity contribution is 0.102.